The number of rotatable bonds is 1. The summed E-state index contributed by atoms with van der Waals surface area (Å²) in [6.07, 6.45) is 0.737. The fraction of sp³-hybridized carbons (Fsp3) is 0.200. The maximum absolute atomic E-state index is 6.58. The number of ether oxygens (including phenoxy) is 1. The number of hydrogen-bond acceptors (Lipinski definition) is 2. The molecular formula is C25H22BrNO. The number of fused-ring (bicyclic) bond motifs is 5. The van der Waals surface area contributed by atoms with Crippen LogP contribution >= 0.6 is 15.9 Å². The zero-order valence-corrected chi connectivity index (χ0v) is 17.6. The molecule has 2 heterocycles. The molecule has 0 spiro atoms. The van der Waals surface area contributed by atoms with Gasteiger partial charge in [-0.1, -0.05) is 58.9 Å². The van der Waals surface area contributed by atoms with Crippen LogP contribution in [0.4, 0.5) is 5.69 Å². The molecule has 0 aromatic heterocycles. The van der Waals surface area contributed by atoms with E-state index < -0.39 is 0 Å². The van der Waals surface area contributed by atoms with Crippen LogP contribution in [-0.2, 0) is 0 Å². The average Bonchev–Trinajstić information content (AvgIpc) is 2.65. The van der Waals surface area contributed by atoms with Crippen LogP contribution in [0.2, 0.25) is 0 Å². The van der Waals surface area contributed by atoms with E-state index in [1.807, 2.05) is 12.1 Å². The molecule has 28 heavy (non-hydrogen) atoms. The highest BCUT2D eigenvalue weighted by Crippen LogP contribution is 2.51. The standard InChI is InChI=1S/C25H22BrNO/c1-15-14-25(2,3)27-20-12-11-19-18-9-4-5-10-21(18)28-24(23(19)22(15)20)16-7-6-8-17(26)13-16/h4-13,24,27H,1,14H2,2-3H3/t24-/m1/s1. The predicted octanol–water partition coefficient (Wildman–Crippen LogP) is 7.21. The van der Waals surface area contributed by atoms with E-state index in [4.69, 9.17) is 4.74 Å². The van der Waals surface area contributed by atoms with E-state index in [0.29, 0.717) is 0 Å². The third-order valence-corrected chi connectivity index (χ3v) is 6.06. The summed E-state index contributed by atoms with van der Waals surface area (Å²) in [5, 5.41) is 3.70. The van der Waals surface area contributed by atoms with E-state index >= 15 is 0 Å². The van der Waals surface area contributed by atoms with Crippen LogP contribution in [0.1, 0.15) is 43.1 Å². The van der Waals surface area contributed by atoms with Gasteiger partial charge in [0.25, 0.3) is 0 Å². The Morgan fingerprint density at radius 1 is 1.04 bits per heavy atom. The molecule has 140 valence electrons. The first-order valence-corrected chi connectivity index (χ1v) is 10.4. The van der Waals surface area contributed by atoms with Gasteiger partial charge in [0.15, 0.2) is 6.10 Å². The van der Waals surface area contributed by atoms with Gasteiger partial charge in [-0.25, -0.2) is 0 Å². The van der Waals surface area contributed by atoms with E-state index in [0.717, 1.165) is 33.5 Å². The zero-order chi connectivity index (χ0) is 19.5. The molecule has 0 aliphatic carbocycles. The Morgan fingerprint density at radius 3 is 2.68 bits per heavy atom. The third-order valence-electron chi connectivity index (χ3n) is 5.56. The molecule has 0 radical (unpaired) electrons. The van der Waals surface area contributed by atoms with Crippen molar-refractivity contribution in [2.75, 3.05) is 5.32 Å². The largest absolute Gasteiger partial charge is 0.480 e. The predicted molar refractivity (Wildman–Crippen MR) is 120 cm³/mol. The van der Waals surface area contributed by atoms with Crippen molar-refractivity contribution < 1.29 is 4.74 Å². The summed E-state index contributed by atoms with van der Waals surface area (Å²) in [5.74, 6) is 0.926. The highest BCUT2D eigenvalue weighted by atomic mass is 79.9. The first-order chi connectivity index (χ1) is 13.4. The molecule has 3 aromatic carbocycles. The summed E-state index contributed by atoms with van der Waals surface area (Å²) in [7, 11) is 0. The number of benzene rings is 3. The molecule has 2 nitrogen and oxygen atoms in total. The maximum atomic E-state index is 6.58. The van der Waals surface area contributed by atoms with Crippen molar-refractivity contribution in [1.82, 2.24) is 0 Å². The van der Waals surface area contributed by atoms with Gasteiger partial charge < -0.3 is 10.1 Å². The van der Waals surface area contributed by atoms with Gasteiger partial charge in [0.1, 0.15) is 5.75 Å². The Balaban J connectivity index is 1.80. The number of hydrogen-bond donors (Lipinski definition) is 1. The summed E-state index contributed by atoms with van der Waals surface area (Å²) in [4.78, 5) is 0. The molecule has 0 amide bonds. The van der Waals surface area contributed by atoms with Gasteiger partial charge >= 0.3 is 0 Å². The van der Waals surface area contributed by atoms with Crippen molar-refractivity contribution in [1.29, 1.82) is 0 Å². The highest BCUT2D eigenvalue weighted by molar-refractivity contribution is 9.10. The van der Waals surface area contributed by atoms with E-state index in [2.05, 4.69) is 90.2 Å². The molecule has 1 N–H and O–H groups in total. The first kappa shape index (κ1) is 17.6. The lowest BCUT2D eigenvalue weighted by Gasteiger charge is -2.39. The number of para-hydroxylation sites is 1. The van der Waals surface area contributed by atoms with Crippen molar-refractivity contribution in [3.63, 3.8) is 0 Å². The Bertz CT molecular complexity index is 1120. The van der Waals surface area contributed by atoms with Crippen LogP contribution in [0.5, 0.6) is 5.75 Å². The normalized spacial score (nSPS) is 19.0. The van der Waals surface area contributed by atoms with Gasteiger partial charge in [0.05, 0.1) is 0 Å². The Morgan fingerprint density at radius 2 is 1.86 bits per heavy atom. The quantitative estimate of drug-likeness (QED) is 0.439. The monoisotopic (exact) mass is 431 g/mol. The molecule has 2 aliphatic rings. The molecule has 0 saturated carbocycles. The molecule has 0 bridgehead atoms. The second-order valence-corrected chi connectivity index (χ2v) is 9.20. The number of anilines is 1. The fourth-order valence-corrected chi connectivity index (χ4v) is 4.94. The second-order valence-electron chi connectivity index (χ2n) is 8.29. The molecule has 3 aromatic rings. The summed E-state index contributed by atoms with van der Waals surface area (Å²) >= 11 is 3.62. The van der Waals surface area contributed by atoms with E-state index in [9.17, 15) is 0 Å². The van der Waals surface area contributed by atoms with Crippen LogP contribution in [0.25, 0.3) is 16.7 Å². The SMILES string of the molecule is C=C1CC(C)(C)Nc2ccc3c(c21)[C@@H](c1cccc(Br)c1)Oc1ccccc1-3. The summed E-state index contributed by atoms with van der Waals surface area (Å²) in [6.45, 7) is 8.90. The van der Waals surface area contributed by atoms with Crippen molar-refractivity contribution in [2.24, 2.45) is 0 Å². The zero-order valence-electron chi connectivity index (χ0n) is 16.1. The van der Waals surface area contributed by atoms with Crippen molar-refractivity contribution in [2.45, 2.75) is 31.9 Å². The lowest BCUT2D eigenvalue weighted by atomic mass is 9.78. The first-order valence-electron chi connectivity index (χ1n) is 9.58. The minimum absolute atomic E-state index is 0.00295. The minimum atomic E-state index is -0.169. The highest BCUT2D eigenvalue weighted by Gasteiger charge is 2.35. The van der Waals surface area contributed by atoms with Gasteiger partial charge in [0.2, 0.25) is 0 Å². The molecule has 3 heteroatoms. The third kappa shape index (κ3) is 2.77. The van der Waals surface area contributed by atoms with Crippen LogP contribution in [0, 0.1) is 0 Å². The van der Waals surface area contributed by atoms with Gasteiger partial charge in [-0.2, -0.15) is 0 Å². The molecule has 2 aliphatic heterocycles. The molecule has 5 rings (SSSR count). The minimum Gasteiger partial charge on any atom is -0.480 e. The molecule has 0 unspecified atom stereocenters. The Labute approximate surface area is 174 Å². The van der Waals surface area contributed by atoms with Crippen molar-refractivity contribution in [3.05, 3.63) is 88.4 Å². The lowest BCUT2D eigenvalue weighted by molar-refractivity contribution is 0.243. The summed E-state index contributed by atoms with van der Waals surface area (Å²) in [5.41, 5.74) is 8.23. The smallest absolute Gasteiger partial charge is 0.150 e. The van der Waals surface area contributed by atoms with Gasteiger partial charge in [-0.05, 0) is 61.2 Å². The van der Waals surface area contributed by atoms with Gasteiger partial charge in [-0.15, -0.1) is 0 Å². The van der Waals surface area contributed by atoms with Crippen LogP contribution < -0.4 is 10.1 Å². The number of nitrogens with one attached hydrogen (secondary N) is 1. The Hall–Kier alpha value is -2.52. The second kappa shape index (κ2) is 6.25. The molecular weight excluding hydrogens is 410 g/mol. The van der Waals surface area contributed by atoms with Crippen molar-refractivity contribution in [3.8, 4) is 16.9 Å². The maximum Gasteiger partial charge on any atom is 0.150 e. The molecule has 0 fully saturated rings. The topological polar surface area (TPSA) is 21.3 Å². The molecule has 1 atom stereocenters. The summed E-state index contributed by atoms with van der Waals surface area (Å²) < 4.78 is 7.63. The van der Waals surface area contributed by atoms with Gasteiger partial charge in [-0.3, -0.25) is 0 Å². The van der Waals surface area contributed by atoms with Crippen molar-refractivity contribution >= 4 is 27.2 Å². The van der Waals surface area contributed by atoms with E-state index in [1.54, 1.807) is 0 Å². The fourth-order valence-electron chi connectivity index (χ4n) is 4.52. The average molecular weight is 432 g/mol. The van der Waals surface area contributed by atoms with E-state index in [1.165, 1.54) is 22.3 Å². The Kier molecular flexibility index (Phi) is 3.92. The van der Waals surface area contributed by atoms with E-state index in [-0.39, 0.29) is 11.6 Å². The lowest BCUT2D eigenvalue weighted by Crippen LogP contribution is -2.35. The summed E-state index contributed by atoms with van der Waals surface area (Å²) in [6, 6.07) is 21.1. The number of halogens is 1. The van der Waals surface area contributed by atoms with Crippen LogP contribution in [0.15, 0.2) is 71.7 Å². The van der Waals surface area contributed by atoms with Crippen LogP contribution in [0.3, 0.4) is 0 Å². The van der Waals surface area contributed by atoms with Gasteiger partial charge in [0, 0.05) is 32.4 Å². The molecule has 0 saturated heterocycles. The van der Waals surface area contributed by atoms with Crippen LogP contribution in [-0.4, -0.2) is 5.54 Å².